The molecule has 2 N–H and O–H groups in total. The van der Waals surface area contributed by atoms with Gasteiger partial charge in [0.25, 0.3) is 0 Å². The number of hydrogen-bond donors (Lipinski definition) is 2. The molecule has 1 aliphatic heterocycles. The molecule has 152 valence electrons. The third kappa shape index (κ3) is 3.60. The molecule has 1 saturated heterocycles. The van der Waals surface area contributed by atoms with Gasteiger partial charge in [-0.3, -0.25) is 0 Å². The summed E-state index contributed by atoms with van der Waals surface area (Å²) < 4.78 is 20.7. The molecule has 0 bridgehead atoms. The highest BCUT2D eigenvalue weighted by atomic mass is 32.2. The summed E-state index contributed by atoms with van der Waals surface area (Å²) in [4.78, 5) is 12.9. The predicted octanol–water partition coefficient (Wildman–Crippen LogP) is 4.18. The van der Waals surface area contributed by atoms with Crippen molar-refractivity contribution in [3.8, 4) is 0 Å². The zero-order valence-electron chi connectivity index (χ0n) is 16.6. The summed E-state index contributed by atoms with van der Waals surface area (Å²) in [5.74, 6) is 0. The molecule has 1 heterocycles. The summed E-state index contributed by atoms with van der Waals surface area (Å²) in [5.41, 5.74) is 7.36. The van der Waals surface area contributed by atoms with Gasteiger partial charge in [-0.1, -0.05) is 36.4 Å². The van der Waals surface area contributed by atoms with Gasteiger partial charge in [0.1, 0.15) is 9.92 Å². The molecule has 2 amide bonds. The zero-order valence-corrected chi connectivity index (χ0v) is 17.4. The van der Waals surface area contributed by atoms with Crippen molar-refractivity contribution in [2.45, 2.75) is 56.6 Å². The maximum atomic E-state index is 13.5. The van der Waals surface area contributed by atoms with Crippen molar-refractivity contribution in [1.82, 2.24) is 4.72 Å². The predicted molar refractivity (Wildman–Crippen MR) is 117 cm³/mol. The van der Waals surface area contributed by atoms with E-state index in [1.807, 2.05) is 30.3 Å². The van der Waals surface area contributed by atoms with Crippen LogP contribution in [-0.4, -0.2) is 22.0 Å². The van der Waals surface area contributed by atoms with E-state index in [1.54, 1.807) is 0 Å². The SMILES string of the molecule is O=C(N=S1(=O)NCCC1Cc1ccccc1)Nc1c2c(cc3c1CCC3)CCC2. The van der Waals surface area contributed by atoms with E-state index in [2.05, 4.69) is 20.5 Å². The Bertz CT molecular complexity index is 1040. The van der Waals surface area contributed by atoms with Crippen molar-refractivity contribution >= 4 is 21.6 Å². The lowest BCUT2D eigenvalue weighted by Crippen LogP contribution is -2.27. The van der Waals surface area contributed by atoms with Gasteiger partial charge in [-0.25, -0.2) is 13.7 Å². The highest BCUT2D eigenvalue weighted by Gasteiger charge is 2.31. The number of aryl methyl sites for hydroxylation is 2. The van der Waals surface area contributed by atoms with Crippen molar-refractivity contribution in [1.29, 1.82) is 0 Å². The average Bonchev–Trinajstić information content (AvgIpc) is 3.43. The normalized spacial score (nSPS) is 24.9. The number of nitrogens with zero attached hydrogens (tertiary/aromatic N) is 1. The van der Waals surface area contributed by atoms with Crippen molar-refractivity contribution in [2.75, 3.05) is 11.9 Å². The van der Waals surface area contributed by atoms with Gasteiger partial charge in [-0.15, -0.1) is 4.36 Å². The van der Waals surface area contributed by atoms with Crippen LogP contribution in [0.15, 0.2) is 40.8 Å². The molecule has 2 aromatic carbocycles. The quantitative estimate of drug-likeness (QED) is 0.798. The molecule has 0 saturated carbocycles. The fourth-order valence-corrected chi connectivity index (χ4v) is 7.07. The Morgan fingerprint density at radius 3 is 2.45 bits per heavy atom. The van der Waals surface area contributed by atoms with Gasteiger partial charge < -0.3 is 5.32 Å². The highest BCUT2D eigenvalue weighted by molar-refractivity contribution is 7.92. The van der Waals surface area contributed by atoms with Gasteiger partial charge in [0, 0.05) is 12.2 Å². The second-order valence-electron chi connectivity index (χ2n) is 8.32. The summed E-state index contributed by atoms with van der Waals surface area (Å²) in [6.07, 6.45) is 7.87. The van der Waals surface area contributed by atoms with Crippen molar-refractivity contribution < 1.29 is 9.00 Å². The maximum absolute atomic E-state index is 13.5. The lowest BCUT2D eigenvalue weighted by molar-refractivity contribution is 0.260. The summed E-state index contributed by atoms with van der Waals surface area (Å²) in [5, 5.41) is 2.90. The Kier molecular flexibility index (Phi) is 4.92. The van der Waals surface area contributed by atoms with Crippen LogP contribution in [0.4, 0.5) is 10.5 Å². The second kappa shape index (κ2) is 7.58. The van der Waals surface area contributed by atoms with Gasteiger partial charge in [0.05, 0.1) is 5.25 Å². The molecule has 29 heavy (non-hydrogen) atoms. The molecule has 0 radical (unpaired) electrons. The molecule has 2 atom stereocenters. The minimum absolute atomic E-state index is 0.150. The summed E-state index contributed by atoms with van der Waals surface area (Å²) in [6.45, 7) is 0.628. The van der Waals surface area contributed by atoms with Gasteiger partial charge in [-0.2, -0.15) is 0 Å². The van der Waals surface area contributed by atoms with Crippen LogP contribution in [0.2, 0.25) is 0 Å². The van der Waals surface area contributed by atoms with E-state index in [1.165, 1.54) is 22.3 Å². The van der Waals surface area contributed by atoms with E-state index in [9.17, 15) is 9.00 Å². The molecule has 5 rings (SSSR count). The molecular weight excluding hydrogens is 382 g/mol. The Morgan fingerprint density at radius 1 is 1.07 bits per heavy atom. The van der Waals surface area contributed by atoms with Crippen molar-refractivity contribution in [3.05, 3.63) is 64.2 Å². The van der Waals surface area contributed by atoms with Gasteiger partial charge in [-0.05, 0) is 79.2 Å². The van der Waals surface area contributed by atoms with Crippen LogP contribution >= 0.6 is 0 Å². The van der Waals surface area contributed by atoms with Crippen molar-refractivity contribution in [2.24, 2.45) is 4.36 Å². The van der Waals surface area contributed by atoms with E-state index in [0.717, 1.165) is 56.2 Å². The number of benzene rings is 2. The van der Waals surface area contributed by atoms with Gasteiger partial charge in [0.15, 0.2) is 0 Å². The average molecular weight is 410 g/mol. The third-order valence-corrected chi connectivity index (χ3v) is 8.82. The minimum Gasteiger partial charge on any atom is -0.305 e. The minimum atomic E-state index is -2.78. The number of amides is 2. The van der Waals surface area contributed by atoms with Crippen LogP contribution in [0.25, 0.3) is 0 Å². The largest absolute Gasteiger partial charge is 0.354 e. The zero-order chi connectivity index (χ0) is 19.8. The lowest BCUT2D eigenvalue weighted by atomic mass is 9.99. The monoisotopic (exact) mass is 409 g/mol. The van der Waals surface area contributed by atoms with Crippen LogP contribution in [0, 0.1) is 0 Å². The Hall–Kier alpha value is -2.18. The first-order valence-electron chi connectivity index (χ1n) is 10.6. The molecule has 5 nitrogen and oxygen atoms in total. The second-order valence-corrected chi connectivity index (χ2v) is 10.6. The topological polar surface area (TPSA) is 70.6 Å². The molecule has 2 aliphatic carbocycles. The lowest BCUT2D eigenvalue weighted by Gasteiger charge is -2.16. The Labute approximate surface area is 172 Å². The molecule has 3 aliphatic rings. The van der Waals surface area contributed by atoms with Crippen LogP contribution in [0.1, 0.15) is 47.1 Å². The summed E-state index contributed by atoms with van der Waals surface area (Å²) in [6, 6.07) is 11.9. The highest BCUT2D eigenvalue weighted by Crippen LogP contribution is 2.38. The summed E-state index contributed by atoms with van der Waals surface area (Å²) in [7, 11) is -2.78. The van der Waals surface area contributed by atoms with Crippen LogP contribution < -0.4 is 10.0 Å². The number of carbonyl (C=O) groups is 1. The third-order valence-electron chi connectivity index (χ3n) is 6.46. The van der Waals surface area contributed by atoms with Gasteiger partial charge >= 0.3 is 6.03 Å². The maximum Gasteiger partial charge on any atom is 0.354 e. The number of fused-ring (bicyclic) bond motifs is 2. The number of rotatable bonds is 3. The molecule has 0 aromatic heterocycles. The number of nitrogens with one attached hydrogen (secondary N) is 2. The van der Waals surface area contributed by atoms with Crippen LogP contribution in [-0.2, 0) is 42.0 Å². The first kappa shape index (κ1) is 18.8. The smallest absolute Gasteiger partial charge is 0.305 e. The van der Waals surface area contributed by atoms with E-state index in [0.29, 0.717) is 13.0 Å². The molecule has 2 unspecified atom stereocenters. The Morgan fingerprint density at radius 2 is 1.76 bits per heavy atom. The van der Waals surface area contributed by atoms with E-state index < -0.39 is 15.9 Å². The standard InChI is InChI=1S/C23H27N3O2S/c27-23(25-22-20-10-4-8-17(20)15-18-9-5-11-21(18)22)26-29(28)19(12-13-24-29)14-16-6-2-1-3-7-16/h1-3,6-7,15,19H,4-5,8-14H2,(H2,24,25,26,27,28). The molecular formula is C23H27N3O2S. The first-order chi connectivity index (χ1) is 14.1. The number of hydrogen-bond acceptors (Lipinski definition) is 2. The fourth-order valence-electron chi connectivity index (χ4n) is 5.06. The first-order valence-corrected chi connectivity index (χ1v) is 12.2. The van der Waals surface area contributed by atoms with Crippen LogP contribution in [0.3, 0.4) is 0 Å². The van der Waals surface area contributed by atoms with E-state index in [4.69, 9.17) is 0 Å². The van der Waals surface area contributed by atoms with E-state index >= 15 is 0 Å². The Balaban J connectivity index is 1.42. The van der Waals surface area contributed by atoms with Gasteiger partial charge in [0.2, 0.25) is 0 Å². The van der Waals surface area contributed by atoms with Crippen molar-refractivity contribution in [3.63, 3.8) is 0 Å². The molecule has 2 aromatic rings. The molecule has 6 heteroatoms. The number of anilines is 1. The van der Waals surface area contributed by atoms with E-state index in [-0.39, 0.29) is 5.25 Å². The fraction of sp³-hybridized carbons (Fsp3) is 0.435. The number of urea groups is 1. The van der Waals surface area contributed by atoms with Crippen LogP contribution in [0.5, 0.6) is 0 Å². The number of carbonyl (C=O) groups excluding carboxylic acids is 1. The molecule has 1 fully saturated rings. The molecule has 0 spiro atoms. The summed E-state index contributed by atoms with van der Waals surface area (Å²) >= 11 is 0.